The van der Waals surface area contributed by atoms with Gasteiger partial charge in [-0.25, -0.2) is 9.59 Å². The average Bonchev–Trinajstić information content (AvgIpc) is 3.45. The van der Waals surface area contributed by atoms with E-state index in [2.05, 4.69) is 10.3 Å². The van der Waals surface area contributed by atoms with Crippen LogP contribution >= 0.6 is 11.8 Å². The molecule has 0 radical (unpaired) electrons. The van der Waals surface area contributed by atoms with Gasteiger partial charge in [-0.15, -0.1) is 11.8 Å². The molecule has 1 aromatic rings. The van der Waals surface area contributed by atoms with E-state index in [0.29, 0.717) is 50.3 Å². The summed E-state index contributed by atoms with van der Waals surface area (Å²) in [5, 5.41) is 2.78. The maximum absolute atomic E-state index is 13.1. The molecule has 41 heavy (non-hydrogen) atoms. The fourth-order valence-electron chi connectivity index (χ4n) is 4.70. The first-order valence-corrected chi connectivity index (χ1v) is 15.8. The minimum Gasteiger partial charge on any atom is -0.494 e. The van der Waals surface area contributed by atoms with Crippen molar-refractivity contribution < 1.29 is 23.9 Å². The van der Waals surface area contributed by atoms with Gasteiger partial charge in [-0.05, 0) is 70.1 Å². The second-order valence-electron chi connectivity index (χ2n) is 12.1. The largest absolute Gasteiger partial charge is 0.494 e. The van der Waals surface area contributed by atoms with E-state index in [1.807, 2.05) is 38.1 Å². The molecule has 3 N–H and O–H groups in total. The van der Waals surface area contributed by atoms with Gasteiger partial charge in [0.25, 0.3) is 0 Å². The number of alkyl carbamates (subject to hydrolysis) is 1. The van der Waals surface area contributed by atoms with Crippen LogP contribution in [-0.4, -0.2) is 83.2 Å². The van der Waals surface area contributed by atoms with E-state index in [1.165, 1.54) is 0 Å². The highest BCUT2D eigenvalue weighted by molar-refractivity contribution is 7.99. The highest BCUT2D eigenvalue weighted by atomic mass is 32.2. The summed E-state index contributed by atoms with van der Waals surface area (Å²) in [6, 6.07) is 6.76. The second-order valence-corrected chi connectivity index (χ2v) is 13.2. The van der Waals surface area contributed by atoms with Crippen LogP contribution in [0.5, 0.6) is 5.75 Å². The van der Waals surface area contributed by atoms with E-state index >= 15 is 0 Å². The molecule has 1 atom stereocenters. The summed E-state index contributed by atoms with van der Waals surface area (Å²) in [4.78, 5) is 45.5. The maximum atomic E-state index is 13.1. The number of piperidine rings is 1. The number of hydrogen-bond acceptors (Lipinski definition) is 6. The molecule has 228 valence electrons. The molecule has 3 rings (SSSR count). The third-order valence-corrected chi connectivity index (χ3v) is 8.11. The lowest BCUT2D eigenvalue weighted by molar-refractivity contribution is -0.132. The van der Waals surface area contributed by atoms with Gasteiger partial charge in [-0.2, -0.15) is 4.99 Å². The van der Waals surface area contributed by atoms with Crippen molar-refractivity contribution in [1.82, 2.24) is 15.1 Å². The van der Waals surface area contributed by atoms with E-state index < -0.39 is 17.7 Å². The van der Waals surface area contributed by atoms with E-state index in [4.69, 9.17) is 15.2 Å². The van der Waals surface area contributed by atoms with Crippen LogP contribution in [0.3, 0.4) is 0 Å². The fourth-order valence-corrected chi connectivity index (χ4v) is 5.66. The van der Waals surface area contributed by atoms with Crippen LogP contribution in [0.15, 0.2) is 29.3 Å². The average molecular weight is 590 g/mol. The van der Waals surface area contributed by atoms with Gasteiger partial charge < -0.3 is 30.3 Å². The molecule has 2 fully saturated rings. The maximum Gasteiger partial charge on any atom is 0.408 e. The van der Waals surface area contributed by atoms with Gasteiger partial charge in [0.2, 0.25) is 5.91 Å². The summed E-state index contributed by atoms with van der Waals surface area (Å²) in [5.74, 6) is 3.23. The Morgan fingerprint density at radius 1 is 1.10 bits per heavy atom. The van der Waals surface area contributed by atoms with E-state index in [0.717, 1.165) is 42.7 Å². The van der Waals surface area contributed by atoms with Crippen molar-refractivity contribution in [3.63, 3.8) is 0 Å². The molecular weight excluding hydrogens is 542 g/mol. The molecule has 2 saturated heterocycles. The van der Waals surface area contributed by atoms with Crippen molar-refractivity contribution in [2.75, 3.05) is 37.9 Å². The van der Waals surface area contributed by atoms with Gasteiger partial charge in [0.05, 0.1) is 12.5 Å². The Morgan fingerprint density at radius 3 is 2.37 bits per heavy atom. The normalized spacial score (nSPS) is 17.5. The van der Waals surface area contributed by atoms with Gasteiger partial charge in [0.15, 0.2) is 0 Å². The van der Waals surface area contributed by atoms with Crippen LogP contribution < -0.4 is 15.8 Å². The van der Waals surface area contributed by atoms with Crippen molar-refractivity contribution in [3.8, 4) is 5.75 Å². The van der Waals surface area contributed by atoms with Crippen LogP contribution in [0, 0.1) is 11.8 Å². The van der Waals surface area contributed by atoms with Crippen molar-refractivity contribution in [3.05, 3.63) is 29.8 Å². The van der Waals surface area contributed by atoms with E-state index in [-0.39, 0.29) is 17.9 Å². The number of hydrogen-bond donors (Lipinski definition) is 2. The number of benzene rings is 1. The van der Waals surface area contributed by atoms with Crippen LogP contribution in [0.1, 0.15) is 65.9 Å². The highest BCUT2D eigenvalue weighted by Gasteiger charge is 2.30. The SMILES string of the molecule is CC(C)C(N)=NC(=O)N1CCC(CCCOc2ccc(C[C@H](NC(=O)OC(C)(C)C)C(=O)N3CCSC3)cc2)CC1. The molecular formula is C30H47N5O5S. The van der Waals surface area contributed by atoms with Crippen molar-refractivity contribution in [1.29, 1.82) is 0 Å². The Kier molecular flexibility index (Phi) is 12.2. The summed E-state index contributed by atoms with van der Waals surface area (Å²) in [5.41, 5.74) is 6.12. The number of amidine groups is 1. The third-order valence-electron chi connectivity index (χ3n) is 7.14. The lowest BCUT2D eigenvalue weighted by atomic mass is 9.92. The van der Waals surface area contributed by atoms with E-state index in [1.54, 1.807) is 42.3 Å². The molecule has 0 aromatic heterocycles. The predicted octanol–water partition coefficient (Wildman–Crippen LogP) is 4.66. The van der Waals surface area contributed by atoms with Crippen LogP contribution in [0.4, 0.5) is 9.59 Å². The Morgan fingerprint density at radius 2 is 1.78 bits per heavy atom. The topological polar surface area (TPSA) is 127 Å². The lowest BCUT2D eigenvalue weighted by Gasteiger charge is -2.30. The number of nitrogens with one attached hydrogen (secondary N) is 1. The number of likely N-dealkylation sites (tertiary alicyclic amines) is 1. The highest BCUT2D eigenvalue weighted by Crippen LogP contribution is 2.23. The number of nitrogens with zero attached hydrogens (tertiary/aromatic N) is 3. The number of carbonyl (C=O) groups excluding carboxylic acids is 3. The Hall–Kier alpha value is -2.95. The summed E-state index contributed by atoms with van der Waals surface area (Å²) >= 11 is 1.71. The zero-order chi connectivity index (χ0) is 30.0. The molecule has 0 spiro atoms. The van der Waals surface area contributed by atoms with Crippen LogP contribution in [0.2, 0.25) is 0 Å². The van der Waals surface area contributed by atoms with Gasteiger partial charge in [0.1, 0.15) is 23.2 Å². The van der Waals surface area contributed by atoms with Crippen LogP contribution in [0.25, 0.3) is 0 Å². The number of aliphatic imine (C=N–C) groups is 1. The summed E-state index contributed by atoms with van der Waals surface area (Å²) in [6.45, 7) is 12.0. The molecule has 10 nitrogen and oxygen atoms in total. The Bertz CT molecular complexity index is 1040. The zero-order valence-corrected chi connectivity index (χ0v) is 26.0. The molecule has 0 bridgehead atoms. The molecule has 0 unspecified atom stereocenters. The zero-order valence-electron chi connectivity index (χ0n) is 25.2. The molecule has 1 aromatic carbocycles. The smallest absolute Gasteiger partial charge is 0.408 e. The standard InChI is InChI=1S/C30H47N5O5S/c1-21(2)26(31)33-28(37)34-14-12-22(13-15-34)7-6-17-39-24-10-8-23(9-11-24)19-25(27(36)35-16-18-41-20-35)32-29(38)40-30(3,4)5/h8-11,21-22,25H,6-7,12-20H2,1-5H3,(H,32,38)(H2,31,33,37)/t25-/m0/s1. The van der Waals surface area contributed by atoms with Crippen molar-refractivity contribution in [2.45, 2.75) is 78.4 Å². The number of amides is 4. The first-order chi connectivity index (χ1) is 19.4. The summed E-state index contributed by atoms with van der Waals surface area (Å²) in [7, 11) is 0. The first-order valence-electron chi connectivity index (χ1n) is 14.6. The molecule has 11 heteroatoms. The minimum atomic E-state index is -0.698. The van der Waals surface area contributed by atoms with Gasteiger partial charge in [0, 0.05) is 37.7 Å². The van der Waals surface area contributed by atoms with Crippen molar-refractivity contribution >= 4 is 35.6 Å². The molecule has 2 heterocycles. The van der Waals surface area contributed by atoms with Gasteiger partial charge in [-0.3, -0.25) is 4.79 Å². The first kappa shape index (κ1) is 32.6. The van der Waals surface area contributed by atoms with Crippen LogP contribution in [-0.2, 0) is 16.0 Å². The van der Waals surface area contributed by atoms with Gasteiger partial charge in [-0.1, -0.05) is 26.0 Å². The second kappa shape index (κ2) is 15.3. The quantitative estimate of drug-likeness (QED) is 0.231. The predicted molar refractivity (Wildman–Crippen MR) is 163 cm³/mol. The molecule has 2 aliphatic rings. The lowest BCUT2D eigenvalue weighted by Crippen LogP contribution is -2.50. The molecule has 0 aliphatic carbocycles. The summed E-state index contributed by atoms with van der Waals surface area (Å²) < 4.78 is 11.4. The summed E-state index contributed by atoms with van der Waals surface area (Å²) in [6.07, 6.45) is 3.69. The molecule has 2 aliphatic heterocycles. The number of carbonyl (C=O) groups is 3. The Balaban J connectivity index is 1.42. The monoisotopic (exact) mass is 589 g/mol. The number of ether oxygens (including phenoxy) is 2. The number of nitrogens with two attached hydrogens (primary N) is 1. The number of urea groups is 1. The van der Waals surface area contributed by atoms with Crippen molar-refractivity contribution in [2.24, 2.45) is 22.6 Å². The molecule has 4 amide bonds. The van der Waals surface area contributed by atoms with E-state index in [9.17, 15) is 14.4 Å². The fraction of sp³-hybridized carbons (Fsp3) is 0.667. The Labute approximate surface area is 248 Å². The minimum absolute atomic E-state index is 0.0639. The molecule has 0 saturated carbocycles. The van der Waals surface area contributed by atoms with Gasteiger partial charge >= 0.3 is 12.1 Å². The number of rotatable bonds is 10. The number of thioether (sulfide) groups is 1. The third kappa shape index (κ3) is 11.1.